The van der Waals surface area contributed by atoms with Crippen LogP contribution in [0.2, 0.25) is 0 Å². The van der Waals surface area contributed by atoms with Crippen molar-refractivity contribution >= 4 is 31.9 Å². The summed E-state index contributed by atoms with van der Waals surface area (Å²) < 4.78 is 27.6. The van der Waals surface area contributed by atoms with Gasteiger partial charge in [-0.3, -0.25) is 0 Å². The molecule has 0 radical (unpaired) electrons. The molecule has 0 bridgehead atoms. The first-order valence-corrected chi connectivity index (χ1v) is 8.54. The Morgan fingerprint density at radius 2 is 1.95 bits per heavy atom. The van der Waals surface area contributed by atoms with Gasteiger partial charge in [-0.05, 0) is 30.5 Å². The van der Waals surface area contributed by atoms with E-state index in [4.69, 9.17) is 5.11 Å². The molecule has 1 rings (SSSR count). The van der Waals surface area contributed by atoms with Gasteiger partial charge in [-0.2, -0.15) is 0 Å². The average Bonchev–Trinajstić information content (AvgIpc) is 2.38. The molecule has 0 unspecified atom stereocenters. The Labute approximate surface area is 132 Å². The summed E-state index contributed by atoms with van der Waals surface area (Å²) in [7, 11) is -3.93. The highest BCUT2D eigenvalue weighted by Gasteiger charge is 2.25. The molecule has 0 aliphatic carbocycles. The molecule has 0 amide bonds. The highest BCUT2D eigenvalue weighted by Crippen LogP contribution is 2.26. The van der Waals surface area contributed by atoms with E-state index in [9.17, 15) is 18.3 Å². The summed E-state index contributed by atoms with van der Waals surface area (Å²) in [6, 6.07) is 1.82. The Balaban J connectivity index is 3.34. The largest absolute Gasteiger partial charge is 0.478 e. The maximum Gasteiger partial charge on any atom is 0.335 e. The summed E-state index contributed by atoms with van der Waals surface area (Å²) in [5.41, 5.74) is 0.283. The summed E-state index contributed by atoms with van der Waals surface area (Å²) in [6.07, 6.45) is 0. The first kappa shape index (κ1) is 18.1. The number of nitrogens with one attached hydrogen (secondary N) is 1. The molecule has 1 atom stereocenters. The van der Waals surface area contributed by atoms with Gasteiger partial charge in [0.2, 0.25) is 10.0 Å². The van der Waals surface area contributed by atoms with E-state index < -0.39 is 22.0 Å². The molecule has 0 aliphatic rings. The van der Waals surface area contributed by atoms with Crippen LogP contribution in [0.1, 0.15) is 29.8 Å². The van der Waals surface area contributed by atoms with E-state index in [-0.39, 0.29) is 23.0 Å². The number of hydrogen-bond acceptors (Lipinski definition) is 4. The Hall–Kier alpha value is -0.960. The molecule has 0 aliphatic heterocycles. The van der Waals surface area contributed by atoms with Crippen LogP contribution < -0.4 is 4.72 Å². The fraction of sp³-hybridized carbons (Fsp3) is 0.462. The number of aromatic carboxylic acids is 1. The van der Waals surface area contributed by atoms with Gasteiger partial charge in [0.25, 0.3) is 0 Å². The van der Waals surface area contributed by atoms with Gasteiger partial charge in [0.15, 0.2) is 0 Å². The predicted molar refractivity (Wildman–Crippen MR) is 81.9 cm³/mol. The van der Waals surface area contributed by atoms with Crippen LogP contribution in [0.4, 0.5) is 0 Å². The van der Waals surface area contributed by atoms with Crippen molar-refractivity contribution in [2.75, 3.05) is 6.61 Å². The summed E-state index contributed by atoms with van der Waals surface area (Å²) in [4.78, 5) is 10.9. The molecule has 1 aromatic rings. The quantitative estimate of drug-likeness (QED) is 0.698. The Bertz CT molecular complexity index is 642. The van der Waals surface area contributed by atoms with Crippen molar-refractivity contribution in [2.45, 2.75) is 31.7 Å². The summed E-state index contributed by atoms with van der Waals surface area (Å²) in [5, 5.41) is 18.3. The van der Waals surface area contributed by atoms with Crippen LogP contribution in [0.3, 0.4) is 0 Å². The number of hydrogen-bond donors (Lipinski definition) is 3. The zero-order valence-corrected chi connectivity index (χ0v) is 14.3. The fourth-order valence-corrected chi connectivity index (χ4v) is 3.96. The van der Waals surface area contributed by atoms with Crippen LogP contribution in [0, 0.1) is 12.8 Å². The molecular weight excluding hydrogens is 362 g/mol. The van der Waals surface area contributed by atoms with Crippen molar-refractivity contribution < 1.29 is 23.4 Å². The number of carboxylic acid groups (broad SMARTS) is 1. The van der Waals surface area contributed by atoms with E-state index in [0.29, 0.717) is 10.0 Å². The zero-order valence-electron chi connectivity index (χ0n) is 11.9. The molecule has 8 heteroatoms. The highest BCUT2D eigenvalue weighted by atomic mass is 79.9. The van der Waals surface area contributed by atoms with Crippen LogP contribution in [0.15, 0.2) is 21.5 Å². The van der Waals surface area contributed by atoms with Crippen molar-refractivity contribution in [3.63, 3.8) is 0 Å². The van der Waals surface area contributed by atoms with E-state index >= 15 is 0 Å². The molecule has 21 heavy (non-hydrogen) atoms. The Kier molecular flexibility index (Phi) is 5.92. The van der Waals surface area contributed by atoms with Gasteiger partial charge in [-0.25, -0.2) is 17.9 Å². The maximum absolute atomic E-state index is 12.4. The van der Waals surface area contributed by atoms with Crippen LogP contribution in [-0.4, -0.2) is 37.2 Å². The van der Waals surface area contributed by atoms with E-state index in [1.165, 1.54) is 6.07 Å². The average molecular weight is 380 g/mol. The second-order valence-electron chi connectivity index (χ2n) is 5.04. The van der Waals surface area contributed by atoms with Gasteiger partial charge in [-0.15, -0.1) is 0 Å². The zero-order chi connectivity index (χ0) is 16.4. The summed E-state index contributed by atoms with van der Waals surface area (Å²) in [5.74, 6) is -1.31. The van der Waals surface area contributed by atoms with Crippen molar-refractivity contribution in [1.29, 1.82) is 0 Å². The monoisotopic (exact) mass is 379 g/mol. The minimum atomic E-state index is -3.93. The van der Waals surface area contributed by atoms with Crippen molar-refractivity contribution in [2.24, 2.45) is 5.92 Å². The number of aliphatic hydroxyl groups excluding tert-OH is 1. The molecule has 6 nitrogen and oxygen atoms in total. The molecule has 0 saturated heterocycles. The molecule has 0 fully saturated rings. The lowest BCUT2D eigenvalue weighted by Gasteiger charge is -2.21. The van der Waals surface area contributed by atoms with Gasteiger partial charge in [-0.1, -0.05) is 29.8 Å². The third-order valence-corrected chi connectivity index (χ3v) is 5.58. The predicted octanol–water partition coefficient (Wildman–Crippen LogP) is 1.75. The number of carbonyl (C=O) groups is 1. The lowest BCUT2D eigenvalue weighted by atomic mass is 10.1. The van der Waals surface area contributed by atoms with Crippen molar-refractivity contribution in [1.82, 2.24) is 4.72 Å². The smallest absolute Gasteiger partial charge is 0.335 e. The first-order valence-electron chi connectivity index (χ1n) is 6.26. The molecule has 3 N–H and O–H groups in total. The molecule has 0 aromatic heterocycles. The number of aliphatic hydroxyl groups is 1. The highest BCUT2D eigenvalue weighted by molar-refractivity contribution is 9.10. The summed E-state index contributed by atoms with van der Waals surface area (Å²) >= 11 is 3.16. The summed E-state index contributed by atoms with van der Waals surface area (Å²) in [6.45, 7) is 4.79. The number of halogens is 1. The second-order valence-corrected chi connectivity index (χ2v) is 7.58. The molecule has 1 aromatic carbocycles. The van der Waals surface area contributed by atoms with Gasteiger partial charge in [0.1, 0.15) is 0 Å². The Morgan fingerprint density at radius 3 is 2.38 bits per heavy atom. The van der Waals surface area contributed by atoms with E-state index in [1.807, 2.05) is 0 Å². The van der Waals surface area contributed by atoms with Gasteiger partial charge in [0, 0.05) is 10.5 Å². The third kappa shape index (κ3) is 4.26. The molecule has 0 saturated carbocycles. The van der Waals surface area contributed by atoms with E-state index in [2.05, 4.69) is 20.7 Å². The van der Waals surface area contributed by atoms with E-state index in [0.717, 1.165) is 6.07 Å². The van der Waals surface area contributed by atoms with E-state index in [1.54, 1.807) is 20.8 Å². The molecule has 0 heterocycles. The van der Waals surface area contributed by atoms with Crippen LogP contribution in [0.5, 0.6) is 0 Å². The number of benzene rings is 1. The maximum atomic E-state index is 12.4. The standard InChI is InChI=1S/C13H18BrNO5S/c1-7(2)11(6-16)15-21(19,20)12-5-9(13(17)18)4-10(14)8(12)3/h4-5,7,11,15-16H,6H2,1-3H3,(H,17,18)/t11-/m1/s1. The minimum Gasteiger partial charge on any atom is -0.478 e. The number of rotatable bonds is 6. The molecule has 118 valence electrons. The van der Waals surface area contributed by atoms with Crippen molar-refractivity contribution in [3.05, 3.63) is 27.7 Å². The SMILES string of the molecule is Cc1c(Br)cc(C(=O)O)cc1S(=O)(=O)N[C@H](CO)C(C)C. The first-order chi connectivity index (χ1) is 9.60. The Morgan fingerprint density at radius 1 is 1.38 bits per heavy atom. The minimum absolute atomic E-state index is 0.101. The van der Waals surface area contributed by atoms with Crippen LogP contribution in [-0.2, 0) is 10.0 Å². The van der Waals surface area contributed by atoms with Crippen LogP contribution >= 0.6 is 15.9 Å². The van der Waals surface area contributed by atoms with Crippen molar-refractivity contribution in [3.8, 4) is 0 Å². The van der Waals surface area contributed by atoms with Crippen LogP contribution in [0.25, 0.3) is 0 Å². The van der Waals surface area contributed by atoms with Gasteiger partial charge in [0.05, 0.1) is 17.1 Å². The lowest BCUT2D eigenvalue weighted by molar-refractivity contribution is 0.0696. The topological polar surface area (TPSA) is 104 Å². The molecular formula is C13H18BrNO5S. The lowest BCUT2D eigenvalue weighted by Crippen LogP contribution is -2.41. The van der Waals surface area contributed by atoms with Gasteiger partial charge >= 0.3 is 5.97 Å². The molecule has 0 spiro atoms. The number of carboxylic acids is 1. The normalized spacial score (nSPS) is 13.4. The third-order valence-electron chi connectivity index (χ3n) is 3.14. The second kappa shape index (κ2) is 6.87. The fourth-order valence-electron chi connectivity index (χ4n) is 1.70. The number of sulfonamides is 1. The van der Waals surface area contributed by atoms with Gasteiger partial charge < -0.3 is 10.2 Å².